The zero-order valence-corrected chi connectivity index (χ0v) is 15.1. The molecule has 0 radical (unpaired) electrons. The van der Waals surface area contributed by atoms with Crippen molar-refractivity contribution in [3.8, 4) is 0 Å². The molecule has 0 aliphatic carbocycles. The number of piperidine rings is 1. The summed E-state index contributed by atoms with van der Waals surface area (Å²) in [5.41, 5.74) is 0. The van der Waals surface area contributed by atoms with Gasteiger partial charge in [0.15, 0.2) is 0 Å². The van der Waals surface area contributed by atoms with Crippen LogP contribution in [0.3, 0.4) is 0 Å². The number of furan rings is 1. The summed E-state index contributed by atoms with van der Waals surface area (Å²) in [7, 11) is -3.75. The summed E-state index contributed by atoms with van der Waals surface area (Å²) in [5.74, 6) is 0.310. The molecule has 1 N–H and O–H groups in total. The lowest BCUT2D eigenvalue weighted by Gasteiger charge is -2.33. The highest BCUT2D eigenvalue weighted by Crippen LogP contribution is 2.26. The highest BCUT2D eigenvalue weighted by atomic mass is 35.5. The molecule has 1 saturated heterocycles. The Kier molecular flexibility index (Phi) is 5.46. The number of hydrogen-bond donors (Lipinski definition) is 1. The molecule has 1 amide bonds. The Morgan fingerprint density at radius 1 is 1.24 bits per heavy atom. The van der Waals surface area contributed by atoms with Crippen LogP contribution in [-0.2, 0) is 21.4 Å². The lowest BCUT2D eigenvalue weighted by atomic mass is 10.0. The van der Waals surface area contributed by atoms with E-state index in [0.29, 0.717) is 23.7 Å². The third kappa shape index (κ3) is 4.05. The third-order valence-electron chi connectivity index (χ3n) is 4.19. The molecule has 1 aliphatic rings. The van der Waals surface area contributed by atoms with Crippen LogP contribution in [0.4, 0.5) is 0 Å². The van der Waals surface area contributed by atoms with E-state index >= 15 is 0 Å². The summed E-state index contributed by atoms with van der Waals surface area (Å²) in [6.07, 6.45) is 3.57. The van der Waals surface area contributed by atoms with Crippen molar-refractivity contribution >= 4 is 27.5 Å². The second kappa shape index (κ2) is 7.59. The fourth-order valence-corrected chi connectivity index (χ4v) is 4.68. The van der Waals surface area contributed by atoms with Crippen molar-refractivity contribution in [1.29, 1.82) is 0 Å². The normalized spacial score (nSPS) is 18.8. The Morgan fingerprint density at radius 2 is 2.00 bits per heavy atom. The van der Waals surface area contributed by atoms with Crippen molar-refractivity contribution in [3.05, 3.63) is 53.4 Å². The molecule has 0 spiro atoms. The highest BCUT2D eigenvalue weighted by molar-refractivity contribution is 7.89. The third-order valence-corrected chi connectivity index (χ3v) is 6.37. The first-order valence-corrected chi connectivity index (χ1v) is 9.88. The van der Waals surface area contributed by atoms with E-state index in [-0.39, 0.29) is 17.3 Å². The molecule has 0 unspecified atom stereocenters. The number of carbonyl (C=O) groups is 1. The minimum absolute atomic E-state index is 0.141. The summed E-state index contributed by atoms with van der Waals surface area (Å²) in [5, 5.41) is 3.22. The van der Waals surface area contributed by atoms with Gasteiger partial charge < -0.3 is 9.73 Å². The zero-order chi connectivity index (χ0) is 17.9. The first-order chi connectivity index (χ1) is 12.0. The van der Waals surface area contributed by atoms with Gasteiger partial charge in [-0.2, -0.15) is 4.31 Å². The van der Waals surface area contributed by atoms with Gasteiger partial charge in [0, 0.05) is 11.6 Å². The molecule has 1 fully saturated rings. The van der Waals surface area contributed by atoms with Gasteiger partial charge in [0.1, 0.15) is 11.8 Å². The van der Waals surface area contributed by atoms with E-state index in [9.17, 15) is 13.2 Å². The smallest absolute Gasteiger partial charge is 0.243 e. The van der Waals surface area contributed by atoms with E-state index in [0.717, 1.165) is 12.8 Å². The van der Waals surface area contributed by atoms with E-state index < -0.39 is 16.1 Å². The van der Waals surface area contributed by atoms with Crippen LogP contribution >= 0.6 is 11.6 Å². The molecule has 8 heteroatoms. The van der Waals surface area contributed by atoms with Gasteiger partial charge in [-0.1, -0.05) is 18.0 Å². The fourth-order valence-electron chi connectivity index (χ4n) is 2.90. The van der Waals surface area contributed by atoms with E-state index in [1.165, 1.54) is 34.8 Å². The molecule has 1 atom stereocenters. The molecule has 25 heavy (non-hydrogen) atoms. The number of carbonyl (C=O) groups excluding carboxylic acids is 1. The Morgan fingerprint density at radius 3 is 2.68 bits per heavy atom. The SMILES string of the molecule is O=C(NCc1ccco1)[C@H]1CCCCN1S(=O)(=O)c1ccc(Cl)cc1. The number of amides is 1. The number of sulfonamides is 1. The van der Waals surface area contributed by atoms with Gasteiger partial charge in [-0.25, -0.2) is 8.42 Å². The van der Waals surface area contributed by atoms with Crippen LogP contribution in [-0.4, -0.2) is 31.2 Å². The summed E-state index contributed by atoms with van der Waals surface area (Å²) in [6.45, 7) is 0.557. The number of nitrogens with one attached hydrogen (secondary N) is 1. The molecule has 6 nitrogen and oxygen atoms in total. The molecule has 0 saturated carbocycles. The minimum atomic E-state index is -3.75. The topological polar surface area (TPSA) is 79.6 Å². The van der Waals surface area contributed by atoms with Crippen molar-refractivity contribution in [3.63, 3.8) is 0 Å². The summed E-state index contributed by atoms with van der Waals surface area (Å²) >= 11 is 5.84. The van der Waals surface area contributed by atoms with Crippen molar-refractivity contribution in [2.75, 3.05) is 6.54 Å². The van der Waals surface area contributed by atoms with Gasteiger partial charge in [0.2, 0.25) is 15.9 Å². The molecule has 134 valence electrons. The average molecular weight is 383 g/mol. The largest absolute Gasteiger partial charge is 0.467 e. The molecule has 1 aromatic heterocycles. The van der Waals surface area contributed by atoms with Crippen LogP contribution in [0.15, 0.2) is 52.0 Å². The molecule has 1 aliphatic heterocycles. The molecule has 0 bridgehead atoms. The quantitative estimate of drug-likeness (QED) is 0.862. The Bertz CT molecular complexity index is 819. The number of benzene rings is 1. The molecule has 1 aromatic carbocycles. The molecule has 2 heterocycles. The van der Waals surface area contributed by atoms with Gasteiger partial charge in [0.25, 0.3) is 0 Å². The number of rotatable bonds is 5. The van der Waals surface area contributed by atoms with Gasteiger partial charge in [-0.05, 0) is 49.2 Å². The molecule has 2 aromatic rings. The molecular formula is C17H19ClN2O4S. The van der Waals surface area contributed by atoms with Crippen LogP contribution < -0.4 is 5.32 Å². The maximum absolute atomic E-state index is 12.9. The Balaban J connectivity index is 1.77. The van der Waals surface area contributed by atoms with Crippen LogP contribution in [0, 0.1) is 0 Å². The van der Waals surface area contributed by atoms with Crippen LogP contribution in [0.5, 0.6) is 0 Å². The number of nitrogens with zero attached hydrogens (tertiary/aromatic N) is 1. The van der Waals surface area contributed by atoms with E-state index in [4.69, 9.17) is 16.0 Å². The zero-order valence-electron chi connectivity index (χ0n) is 13.5. The van der Waals surface area contributed by atoms with Crippen LogP contribution in [0.1, 0.15) is 25.0 Å². The average Bonchev–Trinajstić information content (AvgIpc) is 3.13. The molecular weight excluding hydrogens is 364 g/mol. The monoisotopic (exact) mass is 382 g/mol. The van der Waals surface area contributed by atoms with E-state index in [1.807, 2.05) is 0 Å². The van der Waals surface area contributed by atoms with Crippen molar-refractivity contribution < 1.29 is 17.6 Å². The van der Waals surface area contributed by atoms with Crippen molar-refractivity contribution in [1.82, 2.24) is 9.62 Å². The van der Waals surface area contributed by atoms with Crippen molar-refractivity contribution in [2.45, 2.75) is 36.7 Å². The van der Waals surface area contributed by atoms with E-state index in [1.54, 1.807) is 12.1 Å². The number of halogens is 1. The van der Waals surface area contributed by atoms with Gasteiger partial charge in [-0.3, -0.25) is 4.79 Å². The predicted molar refractivity (Wildman–Crippen MR) is 93.5 cm³/mol. The maximum atomic E-state index is 12.9. The summed E-state index contributed by atoms with van der Waals surface area (Å²) < 4.78 is 32.3. The van der Waals surface area contributed by atoms with Gasteiger partial charge in [0.05, 0.1) is 17.7 Å². The summed E-state index contributed by atoms with van der Waals surface area (Å²) in [4.78, 5) is 12.7. The number of hydrogen-bond acceptors (Lipinski definition) is 4. The lowest BCUT2D eigenvalue weighted by Crippen LogP contribution is -2.51. The Labute approximate surface area is 151 Å². The second-order valence-corrected chi connectivity index (χ2v) is 8.21. The second-order valence-electron chi connectivity index (χ2n) is 5.88. The standard InChI is InChI=1S/C17H19ClN2O4S/c18-13-6-8-15(9-7-13)25(22,23)20-10-2-1-5-16(20)17(21)19-12-14-4-3-11-24-14/h3-4,6-9,11,16H,1-2,5,10,12H2,(H,19,21)/t16-/m1/s1. The molecule has 3 rings (SSSR count). The van der Waals surface area contributed by atoms with Gasteiger partial charge >= 0.3 is 0 Å². The van der Waals surface area contributed by atoms with E-state index in [2.05, 4.69) is 5.32 Å². The first-order valence-electron chi connectivity index (χ1n) is 8.06. The first kappa shape index (κ1) is 18.0. The summed E-state index contributed by atoms with van der Waals surface area (Å²) in [6, 6.07) is 8.76. The lowest BCUT2D eigenvalue weighted by molar-refractivity contribution is -0.125. The maximum Gasteiger partial charge on any atom is 0.243 e. The van der Waals surface area contributed by atoms with Crippen LogP contribution in [0.2, 0.25) is 5.02 Å². The minimum Gasteiger partial charge on any atom is -0.467 e. The predicted octanol–water partition coefficient (Wildman–Crippen LogP) is 2.79. The Hall–Kier alpha value is -1.83. The van der Waals surface area contributed by atoms with Crippen molar-refractivity contribution in [2.24, 2.45) is 0 Å². The highest BCUT2D eigenvalue weighted by Gasteiger charge is 2.37. The van der Waals surface area contributed by atoms with Crippen LogP contribution in [0.25, 0.3) is 0 Å². The fraction of sp³-hybridized carbons (Fsp3) is 0.353. The van der Waals surface area contributed by atoms with Gasteiger partial charge in [-0.15, -0.1) is 0 Å².